The highest BCUT2D eigenvalue weighted by molar-refractivity contribution is 7.71. The minimum Gasteiger partial charge on any atom is -0.348 e. The zero-order valence-electron chi connectivity index (χ0n) is 9.45. The number of nitrogens with two attached hydrogens (primary N) is 1. The Morgan fingerprint density at radius 1 is 1.56 bits per heavy atom. The molecule has 2 rings (SSSR count). The number of nitrogens with one attached hydrogen (secondary N) is 2. The Kier molecular flexibility index (Phi) is 3.41. The van der Waals surface area contributed by atoms with Crippen LogP contribution in [0.1, 0.15) is 31.5 Å². The fourth-order valence-electron chi connectivity index (χ4n) is 2.45. The van der Waals surface area contributed by atoms with Crippen LogP contribution in [-0.2, 0) is 0 Å². The lowest BCUT2D eigenvalue weighted by atomic mass is 9.69. The molecule has 6 heteroatoms. The second-order valence-corrected chi connectivity index (χ2v) is 4.85. The Hall–Kier alpha value is -0.720. The molecule has 90 valence electrons. The molecule has 1 aromatic heterocycles. The van der Waals surface area contributed by atoms with Gasteiger partial charge in [-0.1, -0.05) is 6.92 Å². The quantitative estimate of drug-likeness (QED) is 0.693. The van der Waals surface area contributed by atoms with Crippen LogP contribution in [-0.4, -0.2) is 29.8 Å². The number of aromatic nitrogens is 2. The van der Waals surface area contributed by atoms with Crippen LogP contribution in [0.15, 0.2) is 4.52 Å². The van der Waals surface area contributed by atoms with Gasteiger partial charge in [0.15, 0.2) is 0 Å². The van der Waals surface area contributed by atoms with E-state index in [0.29, 0.717) is 6.54 Å². The first-order valence-electron chi connectivity index (χ1n) is 5.64. The maximum absolute atomic E-state index is 5.96. The first-order valence-corrected chi connectivity index (χ1v) is 6.05. The second kappa shape index (κ2) is 4.65. The minimum atomic E-state index is 0.112. The van der Waals surface area contributed by atoms with Gasteiger partial charge in [-0.15, -0.1) is 0 Å². The molecule has 1 aromatic rings. The van der Waals surface area contributed by atoms with E-state index in [4.69, 9.17) is 22.5 Å². The summed E-state index contributed by atoms with van der Waals surface area (Å²) in [5, 5.41) is 6.15. The number of hydrogen-bond acceptors (Lipinski definition) is 5. The Balaban J connectivity index is 2.23. The van der Waals surface area contributed by atoms with Crippen molar-refractivity contribution in [3.8, 4) is 0 Å². The van der Waals surface area contributed by atoms with Crippen molar-refractivity contribution < 1.29 is 4.52 Å². The topological polar surface area (TPSA) is 79.9 Å². The third-order valence-electron chi connectivity index (χ3n) is 3.79. The summed E-state index contributed by atoms with van der Waals surface area (Å²) in [5.41, 5.74) is 6.07. The largest absolute Gasteiger partial charge is 0.348 e. The van der Waals surface area contributed by atoms with E-state index in [2.05, 4.69) is 22.4 Å². The third kappa shape index (κ3) is 2.05. The number of rotatable bonds is 3. The molecule has 0 spiro atoms. The smallest absolute Gasteiger partial charge is 0.314 e. The van der Waals surface area contributed by atoms with Crippen LogP contribution in [0, 0.1) is 10.3 Å². The lowest BCUT2D eigenvalue weighted by Gasteiger charge is -2.40. The van der Waals surface area contributed by atoms with Crippen LogP contribution >= 0.6 is 12.2 Å². The highest BCUT2D eigenvalue weighted by Gasteiger charge is 2.38. The van der Waals surface area contributed by atoms with Crippen molar-refractivity contribution in [1.29, 1.82) is 0 Å². The van der Waals surface area contributed by atoms with Gasteiger partial charge in [-0.25, -0.2) is 5.16 Å². The lowest BCUT2D eigenvalue weighted by molar-refractivity contribution is 0.165. The van der Waals surface area contributed by atoms with Crippen molar-refractivity contribution >= 4 is 12.2 Å². The lowest BCUT2D eigenvalue weighted by Crippen LogP contribution is -2.45. The summed E-state index contributed by atoms with van der Waals surface area (Å²) in [4.78, 5) is 4.46. The van der Waals surface area contributed by atoms with Crippen molar-refractivity contribution in [3.05, 3.63) is 10.7 Å². The Morgan fingerprint density at radius 2 is 2.25 bits per heavy atom. The number of nitrogens with zero attached hydrogens (tertiary/aromatic N) is 1. The molecular formula is C10H18N4OS. The molecule has 1 atom stereocenters. The molecule has 1 aliphatic rings. The molecule has 1 saturated heterocycles. The van der Waals surface area contributed by atoms with E-state index in [-0.39, 0.29) is 16.2 Å². The van der Waals surface area contributed by atoms with Crippen LogP contribution in [0.25, 0.3) is 0 Å². The van der Waals surface area contributed by atoms with E-state index in [1.807, 2.05) is 0 Å². The minimum absolute atomic E-state index is 0.112. The summed E-state index contributed by atoms with van der Waals surface area (Å²) < 4.78 is 4.99. The van der Waals surface area contributed by atoms with Crippen molar-refractivity contribution in [2.24, 2.45) is 11.1 Å². The Bertz CT molecular complexity index is 394. The van der Waals surface area contributed by atoms with E-state index in [1.54, 1.807) is 0 Å². The molecule has 5 nitrogen and oxygen atoms in total. The molecule has 1 aliphatic heterocycles. The van der Waals surface area contributed by atoms with Crippen molar-refractivity contribution in [3.63, 3.8) is 0 Å². The molecule has 0 saturated carbocycles. The summed E-state index contributed by atoms with van der Waals surface area (Å²) in [6.45, 7) is 4.84. The zero-order chi connectivity index (χ0) is 11.6. The zero-order valence-corrected chi connectivity index (χ0v) is 10.3. The number of aromatic amines is 1. The fraction of sp³-hybridized carbons (Fsp3) is 0.800. The van der Waals surface area contributed by atoms with Gasteiger partial charge in [0.2, 0.25) is 0 Å². The van der Waals surface area contributed by atoms with Gasteiger partial charge in [0, 0.05) is 5.92 Å². The highest BCUT2D eigenvalue weighted by atomic mass is 32.1. The predicted octanol–water partition coefficient (Wildman–Crippen LogP) is 1.16. The monoisotopic (exact) mass is 242 g/mol. The maximum Gasteiger partial charge on any atom is 0.314 e. The van der Waals surface area contributed by atoms with Crippen LogP contribution in [0.2, 0.25) is 0 Å². The van der Waals surface area contributed by atoms with Gasteiger partial charge in [-0.2, -0.15) is 4.98 Å². The summed E-state index contributed by atoms with van der Waals surface area (Å²) >= 11 is 4.87. The van der Waals surface area contributed by atoms with Gasteiger partial charge in [0.05, 0.1) is 0 Å². The standard InChI is InChI=1S/C10H18N4OS/c1-7(8-13-9(16)15-14-8)10(6-11)2-4-12-5-3-10/h7,12H,2-6,11H2,1H3,(H,13,14,16). The van der Waals surface area contributed by atoms with Crippen molar-refractivity contribution in [2.45, 2.75) is 25.7 Å². The first kappa shape index (κ1) is 11.8. The second-order valence-electron chi connectivity index (χ2n) is 4.51. The number of hydrogen-bond donors (Lipinski definition) is 3. The first-order chi connectivity index (χ1) is 7.68. The molecule has 0 radical (unpaired) electrons. The molecule has 1 unspecified atom stereocenters. The van der Waals surface area contributed by atoms with Crippen LogP contribution in [0.4, 0.5) is 0 Å². The SMILES string of the molecule is CC(c1nc(=S)o[nH]1)C1(CN)CCNCC1. The molecular weight excluding hydrogens is 224 g/mol. The maximum atomic E-state index is 5.96. The molecule has 2 heterocycles. The summed E-state index contributed by atoms with van der Waals surface area (Å²) in [5.74, 6) is 1.07. The number of H-pyrrole nitrogens is 1. The van der Waals surface area contributed by atoms with Crippen LogP contribution in [0.3, 0.4) is 0 Å². The molecule has 16 heavy (non-hydrogen) atoms. The van der Waals surface area contributed by atoms with Gasteiger partial charge < -0.3 is 15.6 Å². The highest BCUT2D eigenvalue weighted by Crippen LogP contribution is 2.40. The average Bonchev–Trinajstić information content (AvgIpc) is 2.76. The molecule has 0 aromatic carbocycles. The van der Waals surface area contributed by atoms with Gasteiger partial charge in [0.1, 0.15) is 5.82 Å². The van der Waals surface area contributed by atoms with Gasteiger partial charge in [-0.3, -0.25) is 0 Å². The van der Waals surface area contributed by atoms with Crippen LogP contribution < -0.4 is 11.1 Å². The van der Waals surface area contributed by atoms with E-state index in [0.717, 1.165) is 31.8 Å². The summed E-state index contributed by atoms with van der Waals surface area (Å²) in [6.07, 6.45) is 2.14. The van der Waals surface area contributed by atoms with Crippen LogP contribution in [0.5, 0.6) is 0 Å². The van der Waals surface area contributed by atoms with E-state index in [1.165, 1.54) is 0 Å². The van der Waals surface area contributed by atoms with Gasteiger partial charge >= 0.3 is 4.84 Å². The Morgan fingerprint density at radius 3 is 2.75 bits per heavy atom. The van der Waals surface area contributed by atoms with E-state index >= 15 is 0 Å². The normalized spacial score (nSPS) is 21.9. The fourth-order valence-corrected chi connectivity index (χ4v) is 2.59. The summed E-state index contributed by atoms with van der Waals surface area (Å²) in [6, 6.07) is 0. The average molecular weight is 242 g/mol. The molecule has 1 fully saturated rings. The van der Waals surface area contributed by atoms with E-state index in [9.17, 15) is 0 Å². The number of piperidine rings is 1. The Labute approximate surface area is 99.8 Å². The molecule has 0 aliphatic carbocycles. The van der Waals surface area contributed by atoms with Crippen molar-refractivity contribution in [2.75, 3.05) is 19.6 Å². The van der Waals surface area contributed by atoms with E-state index < -0.39 is 0 Å². The molecule has 4 N–H and O–H groups in total. The molecule has 0 amide bonds. The molecule has 0 bridgehead atoms. The van der Waals surface area contributed by atoms with Gasteiger partial charge in [0.25, 0.3) is 0 Å². The van der Waals surface area contributed by atoms with Crippen molar-refractivity contribution in [1.82, 2.24) is 15.5 Å². The third-order valence-corrected chi connectivity index (χ3v) is 3.96. The van der Waals surface area contributed by atoms with Gasteiger partial charge in [-0.05, 0) is 50.1 Å². The predicted molar refractivity (Wildman–Crippen MR) is 63.7 cm³/mol. The summed E-state index contributed by atoms with van der Waals surface area (Å²) in [7, 11) is 0.